The normalized spacial score (nSPS) is 21.4. The van der Waals surface area contributed by atoms with E-state index in [2.05, 4.69) is 13.8 Å². The summed E-state index contributed by atoms with van der Waals surface area (Å²) in [7, 11) is -3.17. The number of carbonyl (C=O) groups excluding carboxylic acids is 1. The molecule has 1 amide bonds. The zero-order chi connectivity index (χ0) is 18.4. The number of rotatable bonds is 3. The molecule has 2 heterocycles. The van der Waals surface area contributed by atoms with E-state index in [9.17, 15) is 13.2 Å². The molecular formula is C18H25ClN2O3S. The van der Waals surface area contributed by atoms with Crippen LogP contribution in [0.1, 0.15) is 39.2 Å². The molecule has 1 saturated heterocycles. The molecule has 1 fully saturated rings. The number of benzene rings is 1. The number of anilines is 1. The van der Waals surface area contributed by atoms with Crippen LogP contribution in [-0.2, 0) is 20.2 Å². The molecule has 7 heteroatoms. The van der Waals surface area contributed by atoms with Crippen LogP contribution in [0, 0.1) is 5.92 Å². The van der Waals surface area contributed by atoms with E-state index in [1.54, 1.807) is 6.92 Å². The molecular weight excluding hydrogens is 360 g/mol. The van der Waals surface area contributed by atoms with Gasteiger partial charge < -0.3 is 4.90 Å². The number of nitrogens with zero attached hydrogens (tertiary/aromatic N) is 2. The number of halogens is 1. The van der Waals surface area contributed by atoms with Crippen LogP contribution in [0.15, 0.2) is 18.2 Å². The Balaban J connectivity index is 1.77. The van der Waals surface area contributed by atoms with Crippen LogP contribution >= 0.6 is 11.6 Å². The van der Waals surface area contributed by atoms with Gasteiger partial charge in [-0.15, -0.1) is 0 Å². The van der Waals surface area contributed by atoms with Crippen molar-refractivity contribution in [3.63, 3.8) is 0 Å². The summed E-state index contributed by atoms with van der Waals surface area (Å²) in [6, 6.07) is 5.69. The minimum Gasteiger partial charge on any atom is -0.311 e. The fourth-order valence-corrected chi connectivity index (χ4v) is 5.51. The van der Waals surface area contributed by atoms with Crippen molar-refractivity contribution >= 4 is 33.2 Å². The fraction of sp³-hybridized carbons (Fsp3) is 0.611. The van der Waals surface area contributed by atoms with Crippen molar-refractivity contribution in [1.29, 1.82) is 0 Å². The van der Waals surface area contributed by atoms with Crippen LogP contribution in [0.4, 0.5) is 5.69 Å². The van der Waals surface area contributed by atoms with Crippen LogP contribution < -0.4 is 4.90 Å². The molecule has 1 aromatic carbocycles. The van der Waals surface area contributed by atoms with Gasteiger partial charge in [0.25, 0.3) is 0 Å². The second kappa shape index (κ2) is 6.56. The second-order valence-corrected chi connectivity index (χ2v) is 10.2. The third-order valence-electron chi connectivity index (χ3n) is 5.34. The van der Waals surface area contributed by atoms with Gasteiger partial charge in [0, 0.05) is 47.2 Å². The van der Waals surface area contributed by atoms with E-state index in [0.29, 0.717) is 37.5 Å². The summed E-state index contributed by atoms with van der Waals surface area (Å²) < 4.78 is 25.5. The van der Waals surface area contributed by atoms with Crippen molar-refractivity contribution in [2.75, 3.05) is 30.3 Å². The van der Waals surface area contributed by atoms with E-state index in [0.717, 1.165) is 11.3 Å². The maximum atomic E-state index is 13.1. The first kappa shape index (κ1) is 18.7. The molecule has 0 saturated carbocycles. The van der Waals surface area contributed by atoms with Crippen LogP contribution in [0.2, 0.25) is 5.02 Å². The van der Waals surface area contributed by atoms with E-state index in [1.807, 2.05) is 23.1 Å². The Bertz CT molecular complexity index is 784. The lowest BCUT2D eigenvalue weighted by molar-refractivity contribution is -0.123. The summed E-state index contributed by atoms with van der Waals surface area (Å²) in [5, 5.41) is 0.696. The molecule has 0 bridgehead atoms. The zero-order valence-corrected chi connectivity index (χ0v) is 16.5. The molecule has 0 unspecified atom stereocenters. The molecule has 2 aliphatic rings. The summed E-state index contributed by atoms with van der Waals surface area (Å²) in [5.41, 5.74) is 1.73. The van der Waals surface area contributed by atoms with Gasteiger partial charge in [-0.1, -0.05) is 31.5 Å². The number of hydrogen-bond donors (Lipinski definition) is 0. The number of carbonyl (C=O) groups is 1. The Kier molecular flexibility index (Phi) is 4.90. The Morgan fingerprint density at radius 2 is 1.92 bits per heavy atom. The van der Waals surface area contributed by atoms with Gasteiger partial charge in [-0.3, -0.25) is 4.79 Å². The molecule has 138 valence electrons. The third-order valence-corrected chi connectivity index (χ3v) is 7.54. The minimum absolute atomic E-state index is 0.0858. The standard InChI is InChI=1S/C18H25ClN2O3S/c1-4-25(23,24)20-10-8-13(9-11-20)17(22)21-12-18(2,3)16-14(19)6-5-7-15(16)21/h5-7,13H,4,8-12H2,1-3H3. The molecule has 0 atom stereocenters. The predicted octanol–water partition coefficient (Wildman–Crippen LogP) is 3.03. The van der Waals surface area contributed by atoms with Crippen LogP contribution in [0.5, 0.6) is 0 Å². The second-order valence-electron chi connectivity index (χ2n) is 7.52. The quantitative estimate of drug-likeness (QED) is 0.804. The number of sulfonamides is 1. The highest BCUT2D eigenvalue weighted by Gasteiger charge is 2.42. The molecule has 1 aromatic rings. The number of fused-ring (bicyclic) bond motifs is 1. The summed E-state index contributed by atoms with van der Waals surface area (Å²) in [6.07, 6.45) is 1.15. The molecule has 25 heavy (non-hydrogen) atoms. The number of piperidine rings is 1. The third kappa shape index (κ3) is 3.32. The topological polar surface area (TPSA) is 57.7 Å². The van der Waals surface area contributed by atoms with E-state index in [1.165, 1.54) is 4.31 Å². The monoisotopic (exact) mass is 384 g/mol. The average molecular weight is 385 g/mol. The van der Waals surface area contributed by atoms with Gasteiger partial charge in [-0.25, -0.2) is 12.7 Å². The number of amides is 1. The van der Waals surface area contributed by atoms with Gasteiger partial charge in [0.2, 0.25) is 15.9 Å². The summed E-state index contributed by atoms with van der Waals surface area (Å²) >= 11 is 6.38. The Labute approximate surface area is 155 Å². The van der Waals surface area contributed by atoms with Gasteiger partial charge >= 0.3 is 0 Å². The first-order valence-electron chi connectivity index (χ1n) is 8.75. The maximum absolute atomic E-state index is 13.1. The first-order valence-corrected chi connectivity index (χ1v) is 10.7. The Hall–Kier alpha value is -1.11. The highest BCUT2D eigenvalue weighted by molar-refractivity contribution is 7.89. The molecule has 0 aromatic heterocycles. The Morgan fingerprint density at radius 1 is 1.28 bits per heavy atom. The van der Waals surface area contributed by atoms with Gasteiger partial charge in [-0.05, 0) is 31.9 Å². The van der Waals surface area contributed by atoms with E-state index >= 15 is 0 Å². The maximum Gasteiger partial charge on any atom is 0.230 e. The Morgan fingerprint density at radius 3 is 2.52 bits per heavy atom. The highest BCUT2D eigenvalue weighted by atomic mass is 35.5. The predicted molar refractivity (Wildman–Crippen MR) is 101 cm³/mol. The number of hydrogen-bond acceptors (Lipinski definition) is 3. The van der Waals surface area contributed by atoms with Gasteiger partial charge in [0.05, 0.1) is 5.75 Å². The summed E-state index contributed by atoms with van der Waals surface area (Å²) in [4.78, 5) is 14.9. The lowest BCUT2D eigenvalue weighted by Crippen LogP contribution is -2.45. The lowest BCUT2D eigenvalue weighted by atomic mass is 9.87. The zero-order valence-electron chi connectivity index (χ0n) is 15.0. The van der Waals surface area contributed by atoms with Crippen LogP contribution in [-0.4, -0.2) is 44.0 Å². The molecule has 5 nitrogen and oxygen atoms in total. The summed E-state index contributed by atoms with van der Waals surface area (Å²) in [6.45, 7) is 7.30. The van der Waals surface area contributed by atoms with Gasteiger partial charge in [0.1, 0.15) is 0 Å². The molecule has 0 radical (unpaired) electrons. The molecule has 3 rings (SSSR count). The minimum atomic E-state index is -3.17. The fourth-order valence-electron chi connectivity index (χ4n) is 3.95. The molecule has 0 aliphatic carbocycles. The van der Waals surface area contributed by atoms with E-state index < -0.39 is 10.0 Å². The largest absolute Gasteiger partial charge is 0.311 e. The van der Waals surface area contributed by atoms with Crippen molar-refractivity contribution in [3.8, 4) is 0 Å². The smallest absolute Gasteiger partial charge is 0.230 e. The van der Waals surface area contributed by atoms with E-state index in [4.69, 9.17) is 11.6 Å². The van der Waals surface area contributed by atoms with Crippen molar-refractivity contribution in [2.24, 2.45) is 5.92 Å². The highest BCUT2D eigenvalue weighted by Crippen LogP contribution is 2.45. The first-order chi connectivity index (χ1) is 11.7. The van der Waals surface area contributed by atoms with Crippen molar-refractivity contribution in [3.05, 3.63) is 28.8 Å². The van der Waals surface area contributed by atoms with Crippen LogP contribution in [0.25, 0.3) is 0 Å². The van der Waals surface area contributed by atoms with Crippen LogP contribution in [0.3, 0.4) is 0 Å². The average Bonchev–Trinajstić information content (AvgIpc) is 2.87. The van der Waals surface area contributed by atoms with Crippen molar-refractivity contribution in [2.45, 2.75) is 39.0 Å². The molecule has 2 aliphatic heterocycles. The van der Waals surface area contributed by atoms with Gasteiger partial charge in [0.15, 0.2) is 0 Å². The van der Waals surface area contributed by atoms with Gasteiger partial charge in [-0.2, -0.15) is 0 Å². The van der Waals surface area contributed by atoms with Crippen molar-refractivity contribution in [1.82, 2.24) is 4.31 Å². The van der Waals surface area contributed by atoms with E-state index in [-0.39, 0.29) is 23.0 Å². The molecule has 0 spiro atoms. The SMILES string of the molecule is CCS(=O)(=O)N1CCC(C(=O)N2CC(C)(C)c3c(Cl)cccc32)CC1. The molecule has 0 N–H and O–H groups in total. The lowest BCUT2D eigenvalue weighted by Gasteiger charge is -2.32. The van der Waals surface area contributed by atoms with Crippen molar-refractivity contribution < 1.29 is 13.2 Å². The summed E-state index contributed by atoms with van der Waals surface area (Å²) in [5.74, 6) is 0.0596.